The van der Waals surface area contributed by atoms with E-state index in [1.54, 1.807) is 0 Å². The molecule has 2 heterocycles. The molecule has 1 saturated heterocycles. The molecule has 0 aliphatic carbocycles. The standard InChI is InChI=1S/C14H23N3S/c1-10-8-17(9-11(2)18-10)14-6-5-13(7-16-14)12(3)15-4/h5-7,10-12,15H,8-9H2,1-4H3. The smallest absolute Gasteiger partial charge is 0.128 e. The number of hydrogen-bond acceptors (Lipinski definition) is 4. The van der Waals surface area contributed by atoms with E-state index in [4.69, 9.17) is 0 Å². The second-order valence-electron chi connectivity index (χ2n) is 5.12. The molecule has 3 atom stereocenters. The minimum absolute atomic E-state index is 0.362. The molecule has 1 fully saturated rings. The van der Waals surface area contributed by atoms with Crippen LogP contribution in [0.25, 0.3) is 0 Å². The summed E-state index contributed by atoms with van der Waals surface area (Å²) in [6.45, 7) is 8.94. The first-order chi connectivity index (χ1) is 8.60. The quantitative estimate of drug-likeness (QED) is 0.909. The first-order valence-electron chi connectivity index (χ1n) is 6.63. The summed E-state index contributed by atoms with van der Waals surface area (Å²) < 4.78 is 0. The van der Waals surface area contributed by atoms with Crippen molar-refractivity contribution in [2.24, 2.45) is 0 Å². The minimum atomic E-state index is 0.362. The predicted octanol–water partition coefficient (Wildman–Crippen LogP) is 2.69. The fourth-order valence-electron chi connectivity index (χ4n) is 2.37. The lowest BCUT2D eigenvalue weighted by Crippen LogP contribution is -2.40. The van der Waals surface area contributed by atoms with Gasteiger partial charge in [-0.2, -0.15) is 11.8 Å². The van der Waals surface area contributed by atoms with Crippen molar-refractivity contribution in [3.8, 4) is 0 Å². The number of hydrogen-bond donors (Lipinski definition) is 1. The van der Waals surface area contributed by atoms with Gasteiger partial charge in [-0.1, -0.05) is 19.9 Å². The van der Waals surface area contributed by atoms with Gasteiger partial charge < -0.3 is 10.2 Å². The molecule has 0 bridgehead atoms. The van der Waals surface area contributed by atoms with Crippen LogP contribution in [0, 0.1) is 0 Å². The van der Waals surface area contributed by atoms with Crippen molar-refractivity contribution < 1.29 is 0 Å². The van der Waals surface area contributed by atoms with E-state index in [9.17, 15) is 0 Å². The zero-order valence-corrected chi connectivity index (χ0v) is 12.5. The first-order valence-corrected chi connectivity index (χ1v) is 7.58. The average molecular weight is 265 g/mol. The van der Waals surface area contributed by atoms with Gasteiger partial charge in [0.1, 0.15) is 5.82 Å². The molecule has 0 aromatic carbocycles. The van der Waals surface area contributed by atoms with Gasteiger partial charge in [-0.15, -0.1) is 0 Å². The lowest BCUT2D eigenvalue weighted by Gasteiger charge is -2.35. The van der Waals surface area contributed by atoms with Crippen LogP contribution in [0.3, 0.4) is 0 Å². The van der Waals surface area contributed by atoms with Crippen molar-refractivity contribution in [2.75, 3.05) is 25.0 Å². The van der Waals surface area contributed by atoms with Crippen LogP contribution in [0.5, 0.6) is 0 Å². The number of anilines is 1. The van der Waals surface area contributed by atoms with Crippen molar-refractivity contribution in [1.29, 1.82) is 0 Å². The van der Waals surface area contributed by atoms with E-state index in [2.05, 4.69) is 59.9 Å². The molecule has 1 aliphatic heterocycles. The third kappa shape index (κ3) is 3.18. The topological polar surface area (TPSA) is 28.2 Å². The molecule has 2 rings (SSSR count). The highest BCUT2D eigenvalue weighted by Crippen LogP contribution is 2.27. The molecule has 4 heteroatoms. The highest BCUT2D eigenvalue weighted by molar-refractivity contribution is 8.00. The number of rotatable bonds is 3. The Bertz CT molecular complexity index is 369. The lowest BCUT2D eigenvalue weighted by molar-refractivity contribution is 0.648. The molecule has 0 radical (unpaired) electrons. The van der Waals surface area contributed by atoms with Crippen LogP contribution in [0.1, 0.15) is 32.4 Å². The van der Waals surface area contributed by atoms with E-state index < -0.39 is 0 Å². The molecule has 1 aliphatic rings. The van der Waals surface area contributed by atoms with Gasteiger partial charge in [0.15, 0.2) is 0 Å². The molecule has 18 heavy (non-hydrogen) atoms. The lowest BCUT2D eigenvalue weighted by atomic mass is 10.1. The maximum absolute atomic E-state index is 4.62. The molecule has 1 aromatic heterocycles. The van der Waals surface area contributed by atoms with Crippen LogP contribution in [-0.4, -0.2) is 35.6 Å². The van der Waals surface area contributed by atoms with E-state index in [1.165, 1.54) is 5.56 Å². The summed E-state index contributed by atoms with van der Waals surface area (Å²) >= 11 is 2.07. The Hall–Kier alpha value is -0.740. The van der Waals surface area contributed by atoms with Gasteiger partial charge in [0.05, 0.1) is 0 Å². The Kier molecular flexibility index (Phi) is 4.51. The third-order valence-corrected chi connectivity index (χ3v) is 4.67. The molecule has 100 valence electrons. The molecule has 3 unspecified atom stereocenters. The molecular weight excluding hydrogens is 242 g/mol. The second-order valence-corrected chi connectivity index (χ2v) is 7.00. The fraction of sp³-hybridized carbons (Fsp3) is 0.643. The summed E-state index contributed by atoms with van der Waals surface area (Å²) in [7, 11) is 1.98. The Morgan fingerprint density at radius 2 is 2.00 bits per heavy atom. The van der Waals surface area contributed by atoms with Crippen LogP contribution in [0.4, 0.5) is 5.82 Å². The molecule has 0 amide bonds. The summed E-state index contributed by atoms with van der Waals surface area (Å²) in [6.07, 6.45) is 1.99. The molecule has 1 N–H and O–H groups in total. The van der Waals surface area contributed by atoms with Crippen molar-refractivity contribution in [3.63, 3.8) is 0 Å². The van der Waals surface area contributed by atoms with Crippen LogP contribution < -0.4 is 10.2 Å². The monoisotopic (exact) mass is 265 g/mol. The Morgan fingerprint density at radius 1 is 1.33 bits per heavy atom. The van der Waals surface area contributed by atoms with Gasteiger partial charge in [0, 0.05) is 35.8 Å². The number of pyridine rings is 1. The molecule has 0 spiro atoms. The van der Waals surface area contributed by atoms with E-state index in [1.807, 2.05) is 13.2 Å². The zero-order valence-electron chi connectivity index (χ0n) is 11.7. The average Bonchev–Trinajstić information content (AvgIpc) is 2.37. The SMILES string of the molecule is CNC(C)c1ccc(N2CC(C)SC(C)C2)nc1. The highest BCUT2D eigenvalue weighted by Gasteiger charge is 2.23. The van der Waals surface area contributed by atoms with Crippen LogP contribution in [-0.2, 0) is 0 Å². The van der Waals surface area contributed by atoms with Crippen molar-refractivity contribution in [1.82, 2.24) is 10.3 Å². The zero-order chi connectivity index (χ0) is 13.1. The number of nitrogens with zero attached hydrogens (tertiary/aromatic N) is 2. The minimum Gasteiger partial charge on any atom is -0.354 e. The van der Waals surface area contributed by atoms with Gasteiger partial charge in [0.2, 0.25) is 0 Å². The first kappa shape index (κ1) is 13.7. The number of thioether (sulfide) groups is 1. The van der Waals surface area contributed by atoms with Crippen LogP contribution in [0.15, 0.2) is 18.3 Å². The summed E-state index contributed by atoms with van der Waals surface area (Å²) in [4.78, 5) is 7.02. The molecule has 1 aromatic rings. The second kappa shape index (κ2) is 5.93. The largest absolute Gasteiger partial charge is 0.354 e. The number of nitrogens with one attached hydrogen (secondary N) is 1. The highest BCUT2D eigenvalue weighted by atomic mass is 32.2. The van der Waals surface area contributed by atoms with Gasteiger partial charge in [-0.3, -0.25) is 0 Å². The Morgan fingerprint density at radius 3 is 2.50 bits per heavy atom. The van der Waals surface area contributed by atoms with Gasteiger partial charge in [-0.05, 0) is 25.6 Å². The normalized spacial score (nSPS) is 26.1. The van der Waals surface area contributed by atoms with Crippen molar-refractivity contribution in [2.45, 2.75) is 37.3 Å². The van der Waals surface area contributed by atoms with Crippen molar-refractivity contribution in [3.05, 3.63) is 23.9 Å². The van der Waals surface area contributed by atoms with Gasteiger partial charge in [-0.25, -0.2) is 4.98 Å². The van der Waals surface area contributed by atoms with E-state index in [0.29, 0.717) is 16.5 Å². The summed E-state index contributed by atoms with van der Waals surface area (Å²) in [5.74, 6) is 1.11. The van der Waals surface area contributed by atoms with Gasteiger partial charge >= 0.3 is 0 Å². The van der Waals surface area contributed by atoms with Gasteiger partial charge in [0.25, 0.3) is 0 Å². The molecule has 3 nitrogen and oxygen atoms in total. The maximum Gasteiger partial charge on any atom is 0.128 e. The number of aromatic nitrogens is 1. The van der Waals surface area contributed by atoms with E-state index >= 15 is 0 Å². The summed E-state index contributed by atoms with van der Waals surface area (Å²) in [5, 5.41) is 4.61. The Labute approximate surface area is 114 Å². The maximum atomic E-state index is 4.62. The van der Waals surface area contributed by atoms with E-state index in [-0.39, 0.29) is 0 Å². The fourth-order valence-corrected chi connectivity index (χ4v) is 3.70. The third-order valence-electron chi connectivity index (χ3n) is 3.45. The predicted molar refractivity (Wildman–Crippen MR) is 80.4 cm³/mol. The summed E-state index contributed by atoms with van der Waals surface area (Å²) in [5.41, 5.74) is 1.24. The summed E-state index contributed by atoms with van der Waals surface area (Å²) in [6, 6.07) is 4.69. The van der Waals surface area contributed by atoms with Crippen LogP contribution in [0.2, 0.25) is 0 Å². The van der Waals surface area contributed by atoms with Crippen molar-refractivity contribution >= 4 is 17.6 Å². The van der Waals surface area contributed by atoms with E-state index in [0.717, 1.165) is 18.9 Å². The molecular formula is C14H23N3S. The molecule has 0 saturated carbocycles. The Balaban J connectivity index is 2.09. The van der Waals surface area contributed by atoms with Crippen LogP contribution >= 0.6 is 11.8 Å².